The molecule has 0 saturated heterocycles. The summed E-state index contributed by atoms with van der Waals surface area (Å²) in [6, 6.07) is 8.31. The summed E-state index contributed by atoms with van der Waals surface area (Å²) in [6.07, 6.45) is -3.53. The van der Waals surface area contributed by atoms with Gasteiger partial charge in [0, 0.05) is 46.9 Å². The summed E-state index contributed by atoms with van der Waals surface area (Å²) in [6.45, 7) is 0.316. The summed E-state index contributed by atoms with van der Waals surface area (Å²) in [5, 5.41) is 16.4. The Balaban J connectivity index is 0.000000727. The largest absolute Gasteiger partial charge is 0.490 e. The molecule has 4 aromatic rings. The molecule has 3 N–H and O–H groups in total. The monoisotopic (exact) mass is 727 g/mol. The van der Waals surface area contributed by atoms with Crippen LogP contribution in [-0.4, -0.2) is 66.1 Å². The van der Waals surface area contributed by atoms with Crippen LogP contribution in [0.4, 0.5) is 32.0 Å². The van der Waals surface area contributed by atoms with Crippen molar-refractivity contribution in [2.75, 3.05) is 11.9 Å². The predicted molar refractivity (Wildman–Crippen MR) is 167 cm³/mol. The molecule has 0 aliphatic carbocycles. The molecule has 0 spiro atoms. The highest BCUT2D eigenvalue weighted by Gasteiger charge is 2.38. The van der Waals surface area contributed by atoms with Crippen LogP contribution in [-0.2, 0) is 16.6 Å². The number of aliphatic carboxylic acids is 1. The molecule has 12 nitrogen and oxygen atoms in total. The van der Waals surface area contributed by atoms with Crippen LogP contribution in [0.5, 0.6) is 0 Å². The van der Waals surface area contributed by atoms with E-state index in [0.717, 1.165) is 5.56 Å². The third-order valence-electron chi connectivity index (χ3n) is 7.52. The molecule has 0 unspecified atom stereocenters. The predicted octanol–water partition coefficient (Wildman–Crippen LogP) is 5.63. The lowest BCUT2D eigenvalue weighted by Crippen LogP contribution is -2.34. The molecule has 4 heterocycles. The zero-order valence-electron chi connectivity index (χ0n) is 26.1. The van der Waals surface area contributed by atoms with E-state index in [-0.39, 0.29) is 33.7 Å². The van der Waals surface area contributed by atoms with Crippen LogP contribution in [0.1, 0.15) is 48.3 Å². The second-order valence-electron chi connectivity index (χ2n) is 11.1. The Morgan fingerprint density at radius 1 is 1.06 bits per heavy atom. The van der Waals surface area contributed by atoms with Crippen molar-refractivity contribution in [3.05, 3.63) is 81.8 Å². The molecule has 2 amide bonds. The Morgan fingerprint density at radius 3 is 2.40 bits per heavy atom. The Bertz CT molecular complexity index is 1960. The lowest BCUT2D eigenvalue weighted by molar-refractivity contribution is -0.192. The van der Waals surface area contributed by atoms with E-state index < -0.39 is 42.4 Å². The highest BCUT2D eigenvalue weighted by atomic mass is 35.5. The fourth-order valence-electron chi connectivity index (χ4n) is 5.08. The molecule has 1 aromatic carbocycles. The molecule has 0 fully saturated rings. The molecular weight excluding hydrogens is 700 g/mol. The van der Waals surface area contributed by atoms with Gasteiger partial charge in [0.25, 0.3) is 11.5 Å². The molecule has 3 aromatic heterocycles. The van der Waals surface area contributed by atoms with Gasteiger partial charge in [0.05, 0.1) is 41.3 Å². The zero-order valence-corrected chi connectivity index (χ0v) is 26.9. The highest BCUT2D eigenvalue weighted by Crippen LogP contribution is 2.33. The van der Waals surface area contributed by atoms with Gasteiger partial charge in [0.2, 0.25) is 5.91 Å². The number of fused-ring (bicyclic) bond motifs is 4. The Labute approximate surface area is 284 Å². The number of rotatable bonds is 4. The summed E-state index contributed by atoms with van der Waals surface area (Å²) >= 11 is 6.13. The third-order valence-corrected chi connectivity index (χ3v) is 7.76. The highest BCUT2D eigenvalue weighted by molar-refractivity contribution is 6.31. The van der Waals surface area contributed by atoms with E-state index >= 15 is 0 Å². The number of carbonyl (C=O) groups is 3. The van der Waals surface area contributed by atoms with Gasteiger partial charge < -0.3 is 15.7 Å². The molecule has 1 aliphatic heterocycles. The van der Waals surface area contributed by atoms with Crippen LogP contribution < -0.4 is 16.2 Å². The first-order valence-corrected chi connectivity index (χ1v) is 15.1. The summed E-state index contributed by atoms with van der Waals surface area (Å²) in [7, 11) is 1.76. The minimum Gasteiger partial charge on any atom is -0.475 e. The fraction of sp³-hybridized carbons (Fsp3) is 0.323. The topological polar surface area (TPSA) is 161 Å². The lowest BCUT2D eigenvalue weighted by Gasteiger charge is -2.22. The van der Waals surface area contributed by atoms with Gasteiger partial charge in [-0.25, -0.2) is 9.78 Å². The Hall–Kier alpha value is -5.26. The summed E-state index contributed by atoms with van der Waals surface area (Å²) in [5.41, 5.74) is 2.18. The number of halogens is 7. The van der Waals surface area contributed by atoms with Crippen LogP contribution in [0.3, 0.4) is 0 Å². The van der Waals surface area contributed by atoms with Crippen LogP contribution in [0.25, 0.3) is 22.5 Å². The first-order valence-electron chi connectivity index (χ1n) is 14.7. The van der Waals surface area contributed by atoms with Gasteiger partial charge >= 0.3 is 18.3 Å². The number of benzene rings is 1. The second kappa shape index (κ2) is 15.1. The summed E-state index contributed by atoms with van der Waals surface area (Å²) < 4.78 is 72.9. The number of hydrogen-bond donors (Lipinski definition) is 3. The number of pyridine rings is 1. The van der Waals surface area contributed by atoms with Crippen LogP contribution in [0.15, 0.2) is 59.9 Å². The van der Waals surface area contributed by atoms with Crippen molar-refractivity contribution in [3.8, 4) is 22.5 Å². The standard InChI is InChI=1S/C29H27ClF3N7O3.C2HF3O2/c1-16-4-3-5-24(22-10-17(8-9-34-22)26-23(38-27(16)42)13-37-39(26)2)40-15-36-21(12-25(40)41)20-11-18(30)6-7-19(20)28(43)35-14-29(31,32)33;3-2(4,5)1(6)7/h6-13,15-16,24H,3-5,14H2,1-2H3,(H,35,43)(H,38,42);(H,6,7)/t16-,24+;/m1./s1. The number of aryl methyl sites for hydroxylation is 1. The number of carbonyl (C=O) groups excluding carboxylic acids is 2. The molecule has 50 heavy (non-hydrogen) atoms. The number of aromatic nitrogens is 5. The van der Waals surface area contributed by atoms with Gasteiger partial charge in [0.1, 0.15) is 6.54 Å². The first kappa shape index (κ1) is 37.6. The van der Waals surface area contributed by atoms with Crippen molar-refractivity contribution in [3.63, 3.8) is 0 Å². The minimum absolute atomic E-state index is 0.0700. The number of nitrogens with one attached hydrogen (secondary N) is 2. The maximum atomic E-state index is 13.6. The lowest BCUT2D eigenvalue weighted by atomic mass is 9.97. The van der Waals surface area contributed by atoms with Gasteiger partial charge in [0.15, 0.2) is 0 Å². The zero-order chi connectivity index (χ0) is 37.0. The molecule has 0 radical (unpaired) electrons. The summed E-state index contributed by atoms with van der Waals surface area (Å²) in [4.78, 5) is 56.9. The van der Waals surface area contributed by atoms with Gasteiger partial charge in [-0.3, -0.25) is 28.6 Å². The molecule has 2 bridgehead atoms. The van der Waals surface area contributed by atoms with Crippen LogP contribution >= 0.6 is 11.6 Å². The molecule has 19 heteroatoms. The average Bonchev–Trinajstić information content (AvgIpc) is 3.40. The molecular formula is C31H28ClF6N7O5. The van der Waals surface area contributed by atoms with E-state index in [1.807, 2.05) is 18.3 Å². The van der Waals surface area contributed by atoms with Gasteiger partial charge in [-0.15, -0.1) is 0 Å². The number of carboxylic acid groups (broad SMARTS) is 1. The van der Waals surface area contributed by atoms with E-state index in [4.69, 9.17) is 21.5 Å². The van der Waals surface area contributed by atoms with E-state index in [2.05, 4.69) is 20.4 Å². The van der Waals surface area contributed by atoms with Crippen molar-refractivity contribution in [2.24, 2.45) is 13.0 Å². The smallest absolute Gasteiger partial charge is 0.475 e. The van der Waals surface area contributed by atoms with E-state index in [1.165, 1.54) is 35.2 Å². The van der Waals surface area contributed by atoms with E-state index in [0.29, 0.717) is 36.3 Å². The quantitative estimate of drug-likeness (QED) is 0.228. The first-order chi connectivity index (χ1) is 23.4. The number of carboxylic acids is 1. The molecule has 5 rings (SSSR count). The number of alkyl halides is 6. The van der Waals surface area contributed by atoms with Gasteiger partial charge in [-0.2, -0.15) is 31.4 Å². The van der Waals surface area contributed by atoms with Gasteiger partial charge in [-0.05, 0) is 43.2 Å². The Kier molecular flexibility index (Phi) is 11.3. The maximum Gasteiger partial charge on any atom is 0.490 e. The molecule has 266 valence electrons. The van der Waals surface area contributed by atoms with Crippen LogP contribution in [0.2, 0.25) is 5.02 Å². The van der Waals surface area contributed by atoms with Crippen molar-refractivity contribution in [1.29, 1.82) is 0 Å². The van der Waals surface area contributed by atoms with E-state index in [9.17, 15) is 40.7 Å². The number of anilines is 1. The van der Waals surface area contributed by atoms with Crippen molar-refractivity contribution in [2.45, 2.75) is 44.6 Å². The van der Waals surface area contributed by atoms with Crippen molar-refractivity contribution < 1.29 is 45.8 Å². The minimum atomic E-state index is -5.08. The summed E-state index contributed by atoms with van der Waals surface area (Å²) in [5.74, 6) is -4.18. The molecule has 1 aliphatic rings. The van der Waals surface area contributed by atoms with E-state index in [1.54, 1.807) is 30.2 Å². The molecule has 2 atom stereocenters. The van der Waals surface area contributed by atoms with Gasteiger partial charge in [-0.1, -0.05) is 24.9 Å². The Morgan fingerprint density at radius 2 is 1.76 bits per heavy atom. The second-order valence-corrected chi connectivity index (χ2v) is 11.6. The van der Waals surface area contributed by atoms with Crippen molar-refractivity contribution in [1.82, 2.24) is 29.6 Å². The number of hydrogen-bond acceptors (Lipinski definition) is 7. The maximum absolute atomic E-state index is 13.6. The van der Waals surface area contributed by atoms with Crippen molar-refractivity contribution >= 4 is 35.1 Å². The van der Waals surface area contributed by atoms with Crippen LogP contribution in [0, 0.1) is 5.92 Å². The normalized spacial score (nSPS) is 16.5. The molecule has 0 saturated carbocycles. The fourth-order valence-corrected chi connectivity index (χ4v) is 5.25. The third kappa shape index (κ3) is 9.25. The number of amides is 2. The average molecular weight is 728 g/mol. The number of nitrogens with zero attached hydrogens (tertiary/aromatic N) is 5. The SMILES string of the molecule is C[C@@H]1CCC[C@H](n2cnc(-c3cc(Cl)ccc3C(=O)NCC(F)(F)F)cc2=O)c2cc(ccn2)-c2c(cnn2C)NC1=O.O=C(O)C(F)(F)F.